The van der Waals surface area contributed by atoms with Crippen molar-refractivity contribution in [3.05, 3.63) is 105 Å². The Bertz CT molecular complexity index is 2150. The second-order valence-corrected chi connectivity index (χ2v) is 13.7. The Morgan fingerprint density at radius 2 is 1.79 bits per heavy atom. The summed E-state index contributed by atoms with van der Waals surface area (Å²) in [5.74, 6) is -4.65. The smallest absolute Gasteiger partial charge is 0.378 e. The largest absolute Gasteiger partial charge is 0.435 e. The van der Waals surface area contributed by atoms with Crippen LogP contribution in [0.5, 0.6) is 0 Å². The van der Waals surface area contributed by atoms with Crippen molar-refractivity contribution in [3.63, 3.8) is 0 Å². The highest BCUT2D eigenvalue weighted by atomic mass is 35.5. The predicted octanol–water partition coefficient (Wildman–Crippen LogP) is 6.82. The van der Waals surface area contributed by atoms with E-state index in [1.165, 1.54) is 44.2 Å². The minimum Gasteiger partial charge on any atom is -0.378 e. The summed E-state index contributed by atoms with van der Waals surface area (Å²) in [5, 5.41) is 16.2. The lowest BCUT2D eigenvalue weighted by molar-refractivity contribution is -0.144. The number of halogens is 8. The van der Waals surface area contributed by atoms with Gasteiger partial charge in [-0.2, -0.15) is 27.1 Å². The van der Waals surface area contributed by atoms with E-state index in [1.807, 2.05) is 0 Å². The highest BCUT2D eigenvalue weighted by Gasteiger charge is 2.63. The number of carbonyl (C=O) groups is 2. The topological polar surface area (TPSA) is 123 Å². The number of fused-ring (bicyclic) bond motifs is 3. The van der Waals surface area contributed by atoms with Gasteiger partial charge in [0.2, 0.25) is 11.8 Å². The van der Waals surface area contributed by atoms with Crippen LogP contribution in [0.3, 0.4) is 0 Å². The number of pyridine rings is 1. The Morgan fingerprint density at radius 3 is 2.38 bits per heavy atom. The molecule has 1 fully saturated rings. The molecule has 0 unspecified atom stereocenters. The van der Waals surface area contributed by atoms with Crippen molar-refractivity contribution in [2.75, 3.05) is 0 Å². The number of aliphatic hydroxyl groups is 1. The standard InChI is InChI=1S/C36H29ClF7N5O3/c1-34(2,52)10-9-21-4-5-22(18-3-8-26(37)24(14-18)33(45)51)30(46-21)27(13-17-11-19(38)15-20(39)12-17)47-28(50)16-49-32-29(31(48-49)36(42,43)44)23-6-7-25(23)35(32,40)41/h3-5,8,11-12,14-15,23,25,27,52H,6-7,13,16H2,1-2H3,(H2,45,51)(H,47,50)/t23-,25+,27-/m0/s1. The summed E-state index contributed by atoms with van der Waals surface area (Å²) in [6.45, 7) is 1.77. The molecule has 4 aromatic rings. The lowest BCUT2D eigenvalue weighted by Crippen LogP contribution is -2.36. The van der Waals surface area contributed by atoms with Crippen molar-refractivity contribution in [2.24, 2.45) is 11.7 Å². The summed E-state index contributed by atoms with van der Waals surface area (Å²) in [4.78, 5) is 30.4. The van der Waals surface area contributed by atoms with Crippen molar-refractivity contribution < 1.29 is 45.4 Å². The first-order valence-electron chi connectivity index (χ1n) is 15.9. The fourth-order valence-electron chi connectivity index (χ4n) is 6.67. The van der Waals surface area contributed by atoms with Crippen LogP contribution in [0.4, 0.5) is 30.7 Å². The van der Waals surface area contributed by atoms with Crippen molar-refractivity contribution >= 4 is 23.4 Å². The summed E-state index contributed by atoms with van der Waals surface area (Å²) in [6, 6.07) is 8.43. The average Bonchev–Trinajstić information content (AvgIpc) is 3.44. The fourth-order valence-corrected chi connectivity index (χ4v) is 6.88. The molecule has 0 aliphatic heterocycles. The maximum absolute atomic E-state index is 15.5. The highest BCUT2D eigenvalue weighted by Crippen LogP contribution is 2.64. The summed E-state index contributed by atoms with van der Waals surface area (Å²) >= 11 is 6.17. The molecular weight excluding hydrogens is 719 g/mol. The molecule has 0 saturated heterocycles. The Labute approximate surface area is 297 Å². The molecule has 2 aliphatic carbocycles. The summed E-state index contributed by atoms with van der Waals surface area (Å²) < 4.78 is 102. The van der Waals surface area contributed by atoms with Crippen LogP contribution in [0.2, 0.25) is 5.02 Å². The third-order valence-corrected chi connectivity index (χ3v) is 9.30. The Morgan fingerprint density at radius 1 is 1.10 bits per heavy atom. The van der Waals surface area contributed by atoms with E-state index in [4.69, 9.17) is 17.3 Å². The van der Waals surface area contributed by atoms with E-state index in [0.717, 1.165) is 12.1 Å². The van der Waals surface area contributed by atoms with E-state index < -0.39 is 82.5 Å². The Balaban J connectivity index is 1.47. The van der Waals surface area contributed by atoms with Crippen molar-refractivity contribution in [1.82, 2.24) is 20.1 Å². The predicted molar refractivity (Wildman–Crippen MR) is 174 cm³/mol. The van der Waals surface area contributed by atoms with Gasteiger partial charge in [0, 0.05) is 23.1 Å². The van der Waals surface area contributed by atoms with Crippen LogP contribution in [-0.4, -0.2) is 37.3 Å². The van der Waals surface area contributed by atoms with Crippen LogP contribution in [0.25, 0.3) is 11.1 Å². The minimum atomic E-state index is -5.07. The first-order valence-corrected chi connectivity index (χ1v) is 16.3. The number of carbonyl (C=O) groups excluding carboxylic acids is 2. The lowest BCUT2D eigenvalue weighted by atomic mass is 9.73. The molecule has 16 heteroatoms. The monoisotopic (exact) mass is 747 g/mol. The number of rotatable bonds is 8. The van der Waals surface area contributed by atoms with E-state index in [1.54, 1.807) is 0 Å². The van der Waals surface area contributed by atoms with E-state index in [2.05, 4.69) is 27.2 Å². The van der Waals surface area contributed by atoms with Crippen molar-refractivity contribution in [3.8, 4) is 23.0 Å². The zero-order chi connectivity index (χ0) is 37.9. The van der Waals surface area contributed by atoms with Gasteiger partial charge in [0.25, 0.3) is 5.92 Å². The summed E-state index contributed by atoms with van der Waals surface area (Å²) in [7, 11) is 0. The van der Waals surface area contributed by atoms with Gasteiger partial charge in [0.15, 0.2) is 5.69 Å². The summed E-state index contributed by atoms with van der Waals surface area (Å²) in [5.41, 5.74) is 1.47. The number of nitrogens with two attached hydrogens (primary N) is 1. The molecule has 3 atom stereocenters. The molecule has 52 heavy (non-hydrogen) atoms. The van der Waals surface area contributed by atoms with Gasteiger partial charge >= 0.3 is 6.18 Å². The van der Waals surface area contributed by atoms with E-state index in [-0.39, 0.29) is 52.4 Å². The number of primary amides is 1. The molecule has 2 amide bonds. The molecule has 8 nitrogen and oxygen atoms in total. The van der Waals surface area contributed by atoms with Crippen molar-refractivity contribution in [1.29, 1.82) is 0 Å². The van der Waals surface area contributed by atoms with Gasteiger partial charge in [0.05, 0.1) is 22.3 Å². The number of nitrogens with one attached hydrogen (secondary N) is 1. The second kappa shape index (κ2) is 13.2. The molecular formula is C36H29ClF7N5O3. The molecule has 1 saturated carbocycles. The molecule has 0 spiro atoms. The van der Waals surface area contributed by atoms with Crippen molar-refractivity contribution in [2.45, 2.75) is 69.3 Å². The van der Waals surface area contributed by atoms with Crippen LogP contribution in [0.1, 0.15) is 82.9 Å². The number of hydrogen-bond donors (Lipinski definition) is 3. The first-order chi connectivity index (χ1) is 24.2. The van der Waals surface area contributed by atoms with Crippen LogP contribution >= 0.6 is 11.6 Å². The lowest BCUT2D eigenvalue weighted by Gasteiger charge is -2.34. The summed E-state index contributed by atoms with van der Waals surface area (Å²) in [6.07, 6.45) is -5.32. The normalized spacial score (nSPS) is 18.1. The Hall–Kier alpha value is -4.94. The van der Waals surface area contributed by atoms with Crippen LogP contribution in [-0.2, 0) is 29.9 Å². The quantitative estimate of drug-likeness (QED) is 0.135. The van der Waals surface area contributed by atoms with E-state index in [9.17, 15) is 36.6 Å². The van der Waals surface area contributed by atoms with E-state index >= 15 is 8.78 Å². The Kier molecular flexibility index (Phi) is 9.38. The fraction of sp³-hybridized carbons (Fsp3) is 0.333. The van der Waals surface area contributed by atoms with Gasteiger partial charge < -0.3 is 16.2 Å². The maximum Gasteiger partial charge on any atom is 0.435 e. The number of amides is 2. The SMILES string of the molecule is CC(C)(O)C#Cc1ccc(-c2ccc(Cl)c(C(N)=O)c2)c([C@H](Cc2cc(F)cc(F)c2)NC(=O)Cn2nc(C(F)(F)F)c3c2C(F)(F)[C@@H]2CC[C@H]32)n1. The minimum absolute atomic E-state index is 0.00538. The zero-order valence-electron chi connectivity index (χ0n) is 27.4. The van der Waals surface area contributed by atoms with Gasteiger partial charge in [-0.15, -0.1) is 0 Å². The average molecular weight is 748 g/mol. The van der Waals surface area contributed by atoms with Gasteiger partial charge in [-0.05, 0) is 92.5 Å². The molecule has 272 valence electrons. The van der Waals surface area contributed by atoms with Gasteiger partial charge in [-0.1, -0.05) is 23.6 Å². The molecule has 2 aromatic carbocycles. The van der Waals surface area contributed by atoms with Gasteiger partial charge in [-0.3, -0.25) is 14.3 Å². The number of benzene rings is 2. The number of hydrogen-bond acceptors (Lipinski definition) is 5. The van der Waals surface area contributed by atoms with Crippen LogP contribution < -0.4 is 11.1 Å². The molecule has 0 bridgehead atoms. The zero-order valence-corrected chi connectivity index (χ0v) is 28.1. The van der Waals surface area contributed by atoms with Gasteiger partial charge in [-0.25, -0.2) is 13.8 Å². The number of aromatic nitrogens is 3. The first kappa shape index (κ1) is 36.8. The molecule has 2 heterocycles. The molecule has 2 aliphatic rings. The number of nitrogens with zero attached hydrogens (tertiary/aromatic N) is 3. The van der Waals surface area contributed by atoms with Crippen LogP contribution in [0, 0.1) is 29.4 Å². The molecule has 0 radical (unpaired) electrons. The molecule has 2 aromatic heterocycles. The second-order valence-electron chi connectivity index (χ2n) is 13.3. The molecule has 4 N–H and O–H groups in total. The third-order valence-electron chi connectivity index (χ3n) is 8.97. The van der Waals surface area contributed by atoms with Gasteiger partial charge in [0.1, 0.15) is 35.2 Å². The molecule has 6 rings (SSSR count). The number of alkyl halides is 5. The van der Waals surface area contributed by atoms with Crippen LogP contribution in [0.15, 0.2) is 48.5 Å². The van der Waals surface area contributed by atoms with E-state index in [0.29, 0.717) is 16.3 Å². The maximum atomic E-state index is 15.5. The highest BCUT2D eigenvalue weighted by molar-refractivity contribution is 6.33. The third kappa shape index (κ3) is 7.22.